The molecule has 0 saturated carbocycles. The highest BCUT2D eigenvalue weighted by Crippen LogP contribution is 2.46. The van der Waals surface area contributed by atoms with Gasteiger partial charge in [-0.1, -0.05) is 13.3 Å². The van der Waals surface area contributed by atoms with Gasteiger partial charge >= 0.3 is 30.0 Å². The van der Waals surface area contributed by atoms with Gasteiger partial charge in [0.25, 0.3) is 0 Å². The third-order valence-electron chi connectivity index (χ3n) is 2.96. The second-order valence-corrected chi connectivity index (χ2v) is 4.77. The molecule has 1 aromatic heterocycles. The number of rotatable bonds is 6. The Morgan fingerprint density at radius 1 is 1.22 bits per heavy atom. The van der Waals surface area contributed by atoms with Crippen LogP contribution < -0.4 is 9.30 Å². The van der Waals surface area contributed by atoms with Crippen LogP contribution in [-0.4, -0.2) is 28.6 Å². The zero-order chi connectivity index (χ0) is 18.1. The fourth-order valence-electron chi connectivity index (χ4n) is 1.59. The Balaban J connectivity index is 3.06. The van der Waals surface area contributed by atoms with Crippen molar-refractivity contribution in [1.82, 2.24) is 4.57 Å². The number of imidazole rings is 1. The average molecular weight is 351 g/mol. The molecule has 1 rings (SSSR count). The van der Waals surface area contributed by atoms with Crippen molar-refractivity contribution in [3.8, 4) is 6.01 Å². The third kappa shape index (κ3) is 3.58. The molecule has 0 aliphatic heterocycles. The predicted molar refractivity (Wildman–Crippen MR) is 62.1 cm³/mol. The molecule has 23 heavy (non-hydrogen) atoms. The number of esters is 1. The second kappa shape index (κ2) is 6.36. The molecule has 0 fully saturated rings. The molecule has 0 saturated heterocycles. The van der Waals surface area contributed by atoms with Gasteiger partial charge in [-0.25, -0.2) is 4.79 Å². The number of alkyl halides is 7. The molecule has 0 bridgehead atoms. The lowest BCUT2D eigenvalue weighted by molar-refractivity contribution is -0.675. The van der Waals surface area contributed by atoms with Gasteiger partial charge in [-0.3, -0.25) is 0 Å². The van der Waals surface area contributed by atoms with E-state index in [1.807, 2.05) is 6.92 Å². The molecule has 0 aromatic carbocycles. The van der Waals surface area contributed by atoms with Crippen LogP contribution in [0.2, 0.25) is 0 Å². The topological polar surface area (TPSA) is 35.1 Å². The van der Waals surface area contributed by atoms with Crippen LogP contribution in [0.4, 0.5) is 30.7 Å². The molecule has 0 aliphatic carbocycles. The molecular weight excluding hydrogens is 337 g/mol. The van der Waals surface area contributed by atoms with Crippen molar-refractivity contribution < 1.29 is 44.8 Å². The van der Waals surface area contributed by atoms with E-state index in [-0.39, 0.29) is 6.54 Å². The largest absolute Gasteiger partial charge is 0.463 e. The maximum Gasteiger partial charge on any atom is 0.463 e. The minimum Gasteiger partial charge on any atom is -0.352 e. The summed E-state index contributed by atoms with van der Waals surface area (Å²) in [6.07, 6.45) is -2.76. The summed E-state index contributed by atoms with van der Waals surface area (Å²) in [4.78, 5) is 11.2. The lowest BCUT2D eigenvalue weighted by Crippen LogP contribution is -2.57. The van der Waals surface area contributed by atoms with Crippen LogP contribution >= 0.6 is 0 Å². The Hall–Kier alpha value is -1.81. The molecule has 0 aliphatic rings. The van der Waals surface area contributed by atoms with Gasteiger partial charge < -0.3 is 4.74 Å². The van der Waals surface area contributed by atoms with Gasteiger partial charge in [0.15, 0.2) is 0 Å². The summed E-state index contributed by atoms with van der Waals surface area (Å²) in [5.74, 6) is -15.6. The van der Waals surface area contributed by atoms with Crippen LogP contribution in [0, 0.1) is 0 Å². The lowest BCUT2D eigenvalue weighted by atomic mass is 10.1. The molecule has 1 aromatic rings. The molecule has 1 heterocycles. The van der Waals surface area contributed by atoms with Crippen molar-refractivity contribution >= 4 is 5.97 Å². The van der Waals surface area contributed by atoms with E-state index in [0.29, 0.717) is 12.8 Å². The van der Waals surface area contributed by atoms with Gasteiger partial charge in [0.05, 0.1) is 13.6 Å². The summed E-state index contributed by atoms with van der Waals surface area (Å²) in [7, 11) is 1.26. The number of unbranched alkanes of at least 4 members (excludes halogenated alkanes) is 1. The van der Waals surface area contributed by atoms with E-state index >= 15 is 0 Å². The Morgan fingerprint density at radius 3 is 2.26 bits per heavy atom. The molecule has 0 unspecified atom stereocenters. The van der Waals surface area contributed by atoms with E-state index in [0.717, 1.165) is 9.13 Å². The average Bonchev–Trinajstić information content (AvgIpc) is 2.76. The van der Waals surface area contributed by atoms with Crippen molar-refractivity contribution in [3.63, 3.8) is 0 Å². The quantitative estimate of drug-likeness (QED) is 0.449. The maximum absolute atomic E-state index is 13.2. The number of aromatic nitrogens is 2. The molecule has 0 radical (unpaired) electrons. The van der Waals surface area contributed by atoms with Crippen molar-refractivity contribution in [2.24, 2.45) is 7.05 Å². The number of hydrogen-bond donors (Lipinski definition) is 0. The van der Waals surface area contributed by atoms with Gasteiger partial charge in [-0.05, 0) is 6.42 Å². The van der Waals surface area contributed by atoms with E-state index in [2.05, 4.69) is 4.74 Å². The van der Waals surface area contributed by atoms with Crippen LogP contribution in [0.1, 0.15) is 19.8 Å². The first kappa shape index (κ1) is 19.2. The van der Waals surface area contributed by atoms with Crippen molar-refractivity contribution in [2.45, 2.75) is 44.3 Å². The lowest BCUT2D eigenvalue weighted by Gasteiger charge is -2.25. The highest BCUT2D eigenvalue weighted by Gasteiger charge is 2.77. The summed E-state index contributed by atoms with van der Waals surface area (Å²) in [6.45, 7) is 2.02. The van der Waals surface area contributed by atoms with Crippen molar-refractivity contribution in [1.29, 1.82) is 0 Å². The summed E-state index contributed by atoms with van der Waals surface area (Å²) < 4.78 is 94.5. The fraction of sp³-hybridized carbons (Fsp3) is 0.667. The summed E-state index contributed by atoms with van der Waals surface area (Å²) in [6, 6.07) is -0.568. The summed E-state index contributed by atoms with van der Waals surface area (Å²) in [5.41, 5.74) is 0. The molecule has 0 atom stereocenters. The van der Waals surface area contributed by atoms with Gasteiger partial charge in [0.2, 0.25) is 0 Å². The van der Waals surface area contributed by atoms with Crippen LogP contribution in [0.15, 0.2) is 12.4 Å². The van der Waals surface area contributed by atoms with Crippen LogP contribution in [0.5, 0.6) is 6.01 Å². The Bertz CT molecular complexity index is 566. The Kier molecular flexibility index (Phi) is 5.32. The molecular formula is C12H14F7N2O2+. The van der Waals surface area contributed by atoms with Crippen LogP contribution in [0.3, 0.4) is 0 Å². The Morgan fingerprint density at radius 2 is 1.78 bits per heavy atom. The van der Waals surface area contributed by atoms with Crippen molar-refractivity contribution in [3.05, 3.63) is 12.4 Å². The number of carbonyl (C=O) groups excluding carboxylic acids is 1. The number of nitrogens with zero attached hydrogens (tertiary/aromatic N) is 2. The molecule has 11 heteroatoms. The van der Waals surface area contributed by atoms with Gasteiger partial charge in [-0.2, -0.15) is 39.9 Å². The van der Waals surface area contributed by atoms with Gasteiger partial charge in [-0.15, -0.1) is 0 Å². The molecule has 0 spiro atoms. The smallest absolute Gasteiger partial charge is 0.352 e. The number of aryl methyl sites for hydroxylation is 2. The first-order valence-electron chi connectivity index (χ1n) is 6.45. The Labute approximate surface area is 126 Å². The normalized spacial score (nSPS) is 13.3. The van der Waals surface area contributed by atoms with E-state index in [4.69, 9.17) is 0 Å². The van der Waals surface area contributed by atoms with E-state index in [9.17, 15) is 35.5 Å². The third-order valence-corrected chi connectivity index (χ3v) is 2.96. The number of hydrogen-bond acceptors (Lipinski definition) is 2. The van der Waals surface area contributed by atoms with E-state index in [1.54, 1.807) is 0 Å². The SMILES string of the molecule is CCCCn1cc[n+](C)c1OC(=O)C(F)(F)C(F)(F)C(F)(F)F. The van der Waals surface area contributed by atoms with Crippen molar-refractivity contribution in [2.75, 3.05) is 0 Å². The zero-order valence-corrected chi connectivity index (χ0v) is 12.1. The predicted octanol–water partition coefficient (Wildman–Crippen LogP) is 2.85. The zero-order valence-electron chi connectivity index (χ0n) is 12.1. The van der Waals surface area contributed by atoms with Gasteiger partial charge in [0, 0.05) is 0 Å². The van der Waals surface area contributed by atoms with E-state index < -0.39 is 30.0 Å². The monoisotopic (exact) mass is 351 g/mol. The summed E-state index contributed by atoms with van der Waals surface area (Å²) >= 11 is 0. The van der Waals surface area contributed by atoms with E-state index in [1.165, 1.54) is 19.4 Å². The van der Waals surface area contributed by atoms with Crippen LogP contribution in [0.25, 0.3) is 0 Å². The van der Waals surface area contributed by atoms with Crippen LogP contribution in [-0.2, 0) is 18.4 Å². The highest BCUT2D eigenvalue weighted by atomic mass is 19.4. The van der Waals surface area contributed by atoms with Gasteiger partial charge in [0.1, 0.15) is 12.4 Å². The standard InChI is InChI=1S/C12H14F7N2O2/c1-3-4-5-21-7-6-20(2)9(21)23-8(22)10(13,14)11(15,16)12(17,18)19/h6-7H,3-5H2,1-2H3/q+1. The minimum absolute atomic E-state index is 0.210. The fourth-order valence-corrected chi connectivity index (χ4v) is 1.59. The molecule has 0 amide bonds. The summed E-state index contributed by atoms with van der Waals surface area (Å²) in [5, 5.41) is 0. The number of ether oxygens (including phenoxy) is 1. The first-order chi connectivity index (χ1) is 10.4. The molecule has 0 N–H and O–H groups in total. The molecule has 132 valence electrons. The maximum atomic E-state index is 13.2. The second-order valence-electron chi connectivity index (χ2n) is 4.77. The number of carbonyl (C=O) groups is 1. The highest BCUT2D eigenvalue weighted by molar-refractivity contribution is 5.80. The number of halogens is 7. The molecule has 4 nitrogen and oxygen atoms in total. The minimum atomic E-state index is -6.60. The first-order valence-corrected chi connectivity index (χ1v) is 6.45.